The molecule has 3 rings (SSSR count). The van der Waals surface area contributed by atoms with E-state index in [0.717, 1.165) is 19.3 Å². The Kier molecular flexibility index (Phi) is 6.05. The summed E-state index contributed by atoms with van der Waals surface area (Å²) in [6.07, 6.45) is 2.88. The molecule has 0 bridgehead atoms. The fraction of sp³-hybridized carbons (Fsp3) is 0.545. The Morgan fingerprint density at radius 2 is 1.83 bits per heavy atom. The molecule has 0 spiro atoms. The summed E-state index contributed by atoms with van der Waals surface area (Å²) < 4.78 is 1.78. The molecule has 2 aromatic rings. The summed E-state index contributed by atoms with van der Waals surface area (Å²) in [5, 5.41) is 17.6. The molecule has 1 aromatic heterocycles. The number of amides is 1. The molecule has 1 aromatic carbocycles. The van der Waals surface area contributed by atoms with Crippen LogP contribution in [0.4, 0.5) is 0 Å². The molecule has 7 nitrogen and oxygen atoms in total. The monoisotopic (exact) mass is 398 g/mol. The number of aryl methyl sites for hydroxylation is 2. The van der Waals surface area contributed by atoms with E-state index in [1.54, 1.807) is 11.5 Å². The van der Waals surface area contributed by atoms with Gasteiger partial charge in [0.15, 0.2) is 5.82 Å². The Morgan fingerprint density at radius 3 is 2.45 bits per heavy atom. The van der Waals surface area contributed by atoms with Crippen LogP contribution in [0.2, 0.25) is 0 Å². The lowest BCUT2D eigenvalue weighted by Gasteiger charge is -2.33. The molecule has 1 N–H and O–H groups in total. The lowest BCUT2D eigenvalue weighted by atomic mass is 9.86. The summed E-state index contributed by atoms with van der Waals surface area (Å²) in [7, 11) is 0. The Balaban J connectivity index is 1.53. The molecule has 29 heavy (non-hydrogen) atoms. The van der Waals surface area contributed by atoms with Crippen molar-refractivity contribution in [1.29, 1.82) is 0 Å². The maximum atomic E-state index is 12.7. The smallest absolute Gasteiger partial charge is 0.328 e. The number of carbonyl (C=O) groups excluding carboxylic acids is 1. The molecule has 0 radical (unpaired) electrons. The molecule has 2 heterocycles. The van der Waals surface area contributed by atoms with Crippen molar-refractivity contribution in [1.82, 2.24) is 19.7 Å². The minimum atomic E-state index is -0.990. The average Bonchev–Trinajstić information content (AvgIpc) is 3.04. The van der Waals surface area contributed by atoms with Crippen molar-refractivity contribution < 1.29 is 14.7 Å². The molecule has 0 saturated heterocycles. The predicted molar refractivity (Wildman–Crippen MR) is 109 cm³/mol. The van der Waals surface area contributed by atoms with Crippen molar-refractivity contribution in [3.8, 4) is 0 Å². The van der Waals surface area contributed by atoms with E-state index in [-0.39, 0.29) is 24.4 Å². The number of carboxylic acids is 1. The molecule has 1 aliphatic heterocycles. The first-order valence-corrected chi connectivity index (χ1v) is 10.2. The Bertz CT molecular complexity index is 880. The molecule has 1 unspecified atom stereocenters. The first kappa shape index (κ1) is 21.0. The van der Waals surface area contributed by atoms with Crippen LogP contribution in [0.1, 0.15) is 62.8 Å². The highest BCUT2D eigenvalue weighted by atomic mass is 16.4. The SMILES string of the molecule is Cc1nnc2n1CC(C(=O)O)N(C(=O)CCCCc1ccc(C(C)(C)C)cc1)C2. The topological polar surface area (TPSA) is 88.3 Å². The van der Waals surface area contributed by atoms with Crippen molar-refractivity contribution in [2.45, 2.75) is 77.9 Å². The van der Waals surface area contributed by atoms with Crippen LogP contribution in [0.25, 0.3) is 0 Å². The van der Waals surface area contributed by atoms with Crippen LogP contribution in [-0.2, 0) is 34.5 Å². The minimum absolute atomic E-state index is 0.132. The number of rotatable bonds is 6. The maximum Gasteiger partial charge on any atom is 0.328 e. The third kappa shape index (κ3) is 4.83. The van der Waals surface area contributed by atoms with Gasteiger partial charge in [-0.1, -0.05) is 45.0 Å². The number of aromatic nitrogens is 3. The molecular formula is C22H30N4O3. The van der Waals surface area contributed by atoms with Crippen molar-refractivity contribution in [3.63, 3.8) is 0 Å². The number of carboxylic acid groups (broad SMARTS) is 1. The summed E-state index contributed by atoms with van der Waals surface area (Å²) in [4.78, 5) is 25.8. The van der Waals surface area contributed by atoms with Gasteiger partial charge in [-0.25, -0.2) is 4.79 Å². The number of aliphatic carboxylic acids is 1. The summed E-state index contributed by atoms with van der Waals surface area (Å²) in [5.41, 5.74) is 2.71. The van der Waals surface area contributed by atoms with Crippen LogP contribution < -0.4 is 0 Å². The molecule has 0 fully saturated rings. The van der Waals surface area contributed by atoms with Crippen LogP contribution >= 0.6 is 0 Å². The molecule has 156 valence electrons. The van der Waals surface area contributed by atoms with Gasteiger partial charge in [0.25, 0.3) is 0 Å². The zero-order valence-corrected chi connectivity index (χ0v) is 17.7. The lowest BCUT2D eigenvalue weighted by molar-refractivity contribution is -0.152. The maximum absolute atomic E-state index is 12.7. The van der Waals surface area contributed by atoms with Crippen LogP contribution in [0.5, 0.6) is 0 Å². The number of benzene rings is 1. The summed E-state index contributed by atoms with van der Waals surface area (Å²) in [5.74, 6) is 0.200. The van der Waals surface area contributed by atoms with Crippen LogP contribution in [0.15, 0.2) is 24.3 Å². The van der Waals surface area contributed by atoms with E-state index < -0.39 is 12.0 Å². The average molecular weight is 399 g/mol. The van der Waals surface area contributed by atoms with Crippen LogP contribution in [-0.4, -0.2) is 42.7 Å². The first-order chi connectivity index (χ1) is 13.7. The van der Waals surface area contributed by atoms with Crippen molar-refractivity contribution in [3.05, 3.63) is 47.0 Å². The van der Waals surface area contributed by atoms with Crippen molar-refractivity contribution in [2.24, 2.45) is 0 Å². The molecular weight excluding hydrogens is 368 g/mol. The van der Waals surface area contributed by atoms with Gasteiger partial charge in [0.2, 0.25) is 5.91 Å². The second-order valence-corrected chi connectivity index (χ2v) is 8.80. The largest absolute Gasteiger partial charge is 0.480 e. The van der Waals surface area contributed by atoms with Crippen LogP contribution in [0.3, 0.4) is 0 Å². The Morgan fingerprint density at radius 1 is 1.14 bits per heavy atom. The number of nitrogens with zero attached hydrogens (tertiary/aromatic N) is 4. The number of hydrogen-bond acceptors (Lipinski definition) is 4. The zero-order chi connectivity index (χ0) is 21.2. The normalized spacial score (nSPS) is 16.6. The molecule has 1 atom stereocenters. The highest BCUT2D eigenvalue weighted by Crippen LogP contribution is 2.23. The fourth-order valence-electron chi connectivity index (χ4n) is 3.71. The van der Waals surface area contributed by atoms with E-state index in [1.807, 2.05) is 0 Å². The number of fused-ring (bicyclic) bond motifs is 1. The number of carbonyl (C=O) groups is 2. The first-order valence-electron chi connectivity index (χ1n) is 10.2. The fourth-order valence-corrected chi connectivity index (χ4v) is 3.71. The van der Waals surface area contributed by atoms with Gasteiger partial charge in [0.05, 0.1) is 13.1 Å². The lowest BCUT2D eigenvalue weighted by Crippen LogP contribution is -2.50. The van der Waals surface area contributed by atoms with E-state index in [1.165, 1.54) is 16.0 Å². The summed E-state index contributed by atoms with van der Waals surface area (Å²) in [6.45, 7) is 8.79. The molecule has 1 amide bonds. The van der Waals surface area contributed by atoms with Crippen LogP contribution in [0, 0.1) is 6.92 Å². The summed E-state index contributed by atoms with van der Waals surface area (Å²) in [6, 6.07) is 7.79. The highest BCUT2D eigenvalue weighted by Gasteiger charge is 2.35. The van der Waals surface area contributed by atoms with E-state index in [2.05, 4.69) is 55.2 Å². The van der Waals surface area contributed by atoms with Gasteiger partial charge in [0, 0.05) is 6.42 Å². The van der Waals surface area contributed by atoms with E-state index in [4.69, 9.17) is 0 Å². The van der Waals surface area contributed by atoms with Gasteiger partial charge < -0.3 is 14.6 Å². The quantitative estimate of drug-likeness (QED) is 0.756. The van der Waals surface area contributed by atoms with Crippen molar-refractivity contribution in [2.75, 3.05) is 0 Å². The van der Waals surface area contributed by atoms with E-state index in [9.17, 15) is 14.7 Å². The van der Waals surface area contributed by atoms with Crippen molar-refractivity contribution >= 4 is 11.9 Å². The zero-order valence-electron chi connectivity index (χ0n) is 17.7. The van der Waals surface area contributed by atoms with Gasteiger partial charge in [0.1, 0.15) is 11.9 Å². The third-order valence-corrected chi connectivity index (χ3v) is 5.59. The Labute approximate surface area is 171 Å². The highest BCUT2D eigenvalue weighted by molar-refractivity contribution is 5.83. The molecule has 7 heteroatoms. The number of unbranched alkanes of at least 4 members (excludes halogenated alkanes) is 1. The number of hydrogen-bond donors (Lipinski definition) is 1. The molecule has 0 aliphatic carbocycles. The van der Waals surface area contributed by atoms with E-state index in [0.29, 0.717) is 18.1 Å². The van der Waals surface area contributed by atoms with Gasteiger partial charge in [-0.05, 0) is 42.7 Å². The standard InChI is InChI=1S/C22H30N4O3/c1-15-23-24-19-14-26(18(21(28)29)13-25(15)19)20(27)8-6-5-7-16-9-11-17(12-10-16)22(2,3)4/h9-12,18H,5-8,13-14H2,1-4H3,(H,28,29). The molecule has 0 saturated carbocycles. The second-order valence-electron chi connectivity index (χ2n) is 8.80. The van der Waals surface area contributed by atoms with Gasteiger partial charge in [-0.15, -0.1) is 10.2 Å². The summed E-state index contributed by atoms with van der Waals surface area (Å²) >= 11 is 0. The van der Waals surface area contributed by atoms with Gasteiger partial charge in [-0.3, -0.25) is 4.79 Å². The van der Waals surface area contributed by atoms with Gasteiger partial charge >= 0.3 is 5.97 Å². The second kappa shape index (κ2) is 8.35. The minimum Gasteiger partial charge on any atom is -0.480 e. The predicted octanol–water partition coefficient (Wildman–Crippen LogP) is 3.09. The van der Waals surface area contributed by atoms with E-state index >= 15 is 0 Å². The molecule has 1 aliphatic rings. The third-order valence-electron chi connectivity index (χ3n) is 5.59. The van der Waals surface area contributed by atoms with Gasteiger partial charge in [-0.2, -0.15) is 0 Å². The Hall–Kier alpha value is -2.70.